The number of thioether (sulfide) groups is 1. The Hall–Kier alpha value is -1.85. The molecule has 0 aliphatic carbocycles. The summed E-state index contributed by atoms with van der Waals surface area (Å²) in [7, 11) is 0. The van der Waals surface area contributed by atoms with E-state index in [1.54, 1.807) is 11.8 Å². The second kappa shape index (κ2) is 17.6. The lowest BCUT2D eigenvalue weighted by molar-refractivity contribution is -0.143. The molecule has 0 saturated heterocycles. The number of amides is 3. The average molecular weight is 504 g/mol. The quantitative estimate of drug-likeness (QED) is 0.149. The molecule has 0 fully saturated rings. The van der Waals surface area contributed by atoms with Crippen molar-refractivity contribution in [3.63, 3.8) is 0 Å². The molecule has 10 nitrogen and oxygen atoms in total. The van der Waals surface area contributed by atoms with Gasteiger partial charge in [-0.05, 0) is 62.5 Å². The second-order valence-corrected chi connectivity index (χ2v) is 10.1. The van der Waals surface area contributed by atoms with Crippen molar-refractivity contribution in [2.45, 2.75) is 90.4 Å². The third-order valence-electron chi connectivity index (χ3n) is 5.66. The van der Waals surface area contributed by atoms with E-state index in [0.717, 1.165) is 5.75 Å². The lowest BCUT2D eigenvalue weighted by Gasteiger charge is -2.28. The number of nitrogens with one attached hydrogen (secondary N) is 3. The number of rotatable bonds is 18. The van der Waals surface area contributed by atoms with Gasteiger partial charge in [0.25, 0.3) is 0 Å². The fourth-order valence-electron chi connectivity index (χ4n) is 3.33. The molecule has 0 aliphatic rings. The van der Waals surface area contributed by atoms with E-state index in [1.165, 1.54) is 0 Å². The van der Waals surface area contributed by atoms with E-state index in [1.807, 2.05) is 34.0 Å². The fourth-order valence-corrected chi connectivity index (χ4v) is 3.82. The summed E-state index contributed by atoms with van der Waals surface area (Å²) in [5.74, 6) is -2.02. The van der Waals surface area contributed by atoms with E-state index in [-0.39, 0.29) is 18.3 Å². The predicted octanol–water partition coefficient (Wildman–Crippen LogP) is 0.827. The van der Waals surface area contributed by atoms with Gasteiger partial charge in [-0.25, -0.2) is 4.79 Å². The Bertz CT molecular complexity index is 649. The minimum Gasteiger partial charge on any atom is -0.480 e. The van der Waals surface area contributed by atoms with E-state index in [4.69, 9.17) is 11.5 Å². The molecule has 11 heteroatoms. The molecule has 5 atom stereocenters. The lowest BCUT2D eigenvalue weighted by atomic mass is 9.96. The first-order valence-corrected chi connectivity index (χ1v) is 13.5. The summed E-state index contributed by atoms with van der Waals surface area (Å²) in [6.07, 6.45) is 4.84. The monoisotopic (exact) mass is 503 g/mol. The van der Waals surface area contributed by atoms with Crippen molar-refractivity contribution in [1.82, 2.24) is 16.0 Å². The van der Waals surface area contributed by atoms with E-state index in [0.29, 0.717) is 38.6 Å². The van der Waals surface area contributed by atoms with E-state index >= 15 is 0 Å². The van der Waals surface area contributed by atoms with Gasteiger partial charge in [0.15, 0.2) is 0 Å². The number of carboxylic acid groups (broad SMARTS) is 1. The first kappa shape index (κ1) is 32.1. The van der Waals surface area contributed by atoms with Crippen LogP contribution in [0.4, 0.5) is 0 Å². The Morgan fingerprint density at radius 1 is 0.912 bits per heavy atom. The summed E-state index contributed by atoms with van der Waals surface area (Å²) in [5, 5.41) is 17.5. The smallest absolute Gasteiger partial charge is 0.326 e. The SMILES string of the molecule is CCC(C)C(NC(=O)C(N)CCSC)C(=O)NC(CCCCN)C(=O)NC(CC(C)C)C(=O)O. The first-order valence-electron chi connectivity index (χ1n) is 12.1. The fraction of sp³-hybridized carbons (Fsp3) is 0.826. The van der Waals surface area contributed by atoms with Crippen LogP contribution in [0.15, 0.2) is 0 Å². The highest BCUT2D eigenvalue weighted by molar-refractivity contribution is 7.98. The Balaban J connectivity index is 5.52. The van der Waals surface area contributed by atoms with Crippen LogP contribution in [0.2, 0.25) is 0 Å². The molecule has 34 heavy (non-hydrogen) atoms. The molecule has 0 aromatic heterocycles. The van der Waals surface area contributed by atoms with Gasteiger partial charge in [0, 0.05) is 0 Å². The molecule has 0 aromatic carbocycles. The number of hydrogen-bond acceptors (Lipinski definition) is 7. The van der Waals surface area contributed by atoms with Gasteiger partial charge in [-0.3, -0.25) is 14.4 Å². The summed E-state index contributed by atoms with van der Waals surface area (Å²) < 4.78 is 0. The van der Waals surface area contributed by atoms with Crippen LogP contribution in [0.5, 0.6) is 0 Å². The van der Waals surface area contributed by atoms with E-state index in [9.17, 15) is 24.3 Å². The van der Waals surface area contributed by atoms with Gasteiger partial charge in [-0.15, -0.1) is 0 Å². The molecule has 0 heterocycles. The van der Waals surface area contributed by atoms with Crippen molar-refractivity contribution in [2.24, 2.45) is 23.3 Å². The molecule has 198 valence electrons. The van der Waals surface area contributed by atoms with Crippen LogP contribution in [-0.4, -0.2) is 71.5 Å². The van der Waals surface area contributed by atoms with Crippen LogP contribution in [-0.2, 0) is 19.2 Å². The number of carbonyl (C=O) groups is 4. The maximum atomic E-state index is 13.2. The van der Waals surface area contributed by atoms with Gasteiger partial charge < -0.3 is 32.5 Å². The van der Waals surface area contributed by atoms with Gasteiger partial charge in [0.2, 0.25) is 17.7 Å². The molecule has 0 saturated carbocycles. The van der Waals surface area contributed by atoms with Gasteiger partial charge in [0.1, 0.15) is 18.1 Å². The van der Waals surface area contributed by atoms with Crippen LogP contribution in [0.1, 0.15) is 66.2 Å². The van der Waals surface area contributed by atoms with Gasteiger partial charge in [-0.1, -0.05) is 34.1 Å². The maximum absolute atomic E-state index is 13.2. The minimum atomic E-state index is -1.13. The Morgan fingerprint density at radius 3 is 2.03 bits per heavy atom. The third-order valence-corrected chi connectivity index (χ3v) is 6.31. The number of nitrogens with two attached hydrogens (primary N) is 2. The topological polar surface area (TPSA) is 177 Å². The van der Waals surface area contributed by atoms with Crippen LogP contribution >= 0.6 is 11.8 Å². The summed E-state index contributed by atoms with van der Waals surface area (Å²) in [5.41, 5.74) is 11.5. The summed E-state index contributed by atoms with van der Waals surface area (Å²) in [6, 6.07) is -3.60. The van der Waals surface area contributed by atoms with Crippen molar-refractivity contribution >= 4 is 35.5 Å². The average Bonchev–Trinajstić information content (AvgIpc) is 2.78. The van der Waals surface area contributed by atoms with E-state index < -0.39 is 47.9 Å². The zero-order valence-corrected chi connectivity index (χ0v) is 22.1. The Labute approximate surface area is 208 Å². The number of hydrogen-bond donors (Lipinski definition) is 6. The first-order chi connectivity index (χ1) is 16.0. The molecule has 0 spiro atoms. The van der Waals surface area contributed by atoms with Crippen molar-refractivity contribution < 1.29 is 24.3 Å². The molecule has 0 aromatic rings. The largest absolute Gasteiger partial charge is 0.480 e. The lowest BCUT2D eigenvalue weighted by Crippen LogP contribution is -2.58. The van der Waals surface area contributed by atoms with Crippen molar-refractivity contribution in [2.75, 3.05) is 18.6 Å². The highest BCUT2D eigenvalue weighted by atomic mass is 32.2. The van der Waals surface area contributed by atoms with Gasteiger partial charge in [0.05, 0.1) is 6.04 Å². The molecule has 0 rings (SSSR count). The molecule has 0 bridgehead atoms. The second-order valence-electron chi connectivity index (χ2n) is 9.13. The number of carbonyl (C=O) groups excluding carboxylic acids is 3. The summed E-state index contributed by atoms with van der Waals surface area (Å²) in [6.45, 7) is 7.91. The number of unbranched alkanes of at least 4 members (excludes halogenated alkanes) is 1. The molecule has 5 unspecified atom stereocenters. The van der Waals surface area contributed by atoms with Crippen LogP contribution in [0.25, 0.3) is 0 Å². The van der Waals surface area contributed by atoms with Gasteiger partial charge >= 0.3 is 5.97 Å². The standard InChI is InChI=1S/C23H45N5O5S/c1-6-15(4)19(28-20(29)16(25)10-12-34-5)22(31)26-17(9-7-8-11-24)21(30)27-18(23(32)33)13-14(2)3/h14-19H,6-13,24-25H2,1-5H3,(H,26,31)(H,27,30)(H,28,29)(H,32,33). The Morgan fingerprint density at radius 2 is 1.53 bits per heavy atom. The Kier molecular flexibility index (Phi) is 16.6. The zero-order valence-electron chi connectivity index (χ0n) is 21.3. The summed E-state index contributed by atoms with van der Waals surface area (Å²) >= 11 is 1.58. The van der Waals surface area contributed by atoms with Crippen LogP contribution in [0.3, 0.4) is 0 Å². The summed E-state index contributed by atoms with van der Waals surface area (Å²) in [4.78, 5) is 50.3. The molecule has 0 radical (unpaired) electrons. The zero-order chi connectivity index (χ0) is 26.3. The number of carboxylic acids is 1. The molecule has 3 amide bonds. The number of aliphatic carboxylic acids is 1. The maximum Gasteiger partial charge on any atom is 0.326 e. The van der Waals surface area contributed by atoms with Crippen molar-refractivity contribution in [3.8, 4) is 0 Å². The van der Waals surface area contributed by atoms with Crippen LogP contribution < -0.4 is 27.4 Å². The van der Waals surface area contributed by atoms with Crippen molar-refractivity contribution in [1.29, 1.82) is 0 Å². The van der Waals surface area contributed by atoms with Crippen LogP contribution in [0, 0.1) is 11.8 Å². The molecule has 8 N–H and O–H groups in total. The highest BCUT2D eigenvalue weighted by Gasteiger charge is 2.32. The highest BCUT2D eigenvalue weighted by Crippen LogP contribution is 2.12. The molecule has 0 aliphatic heterocycles. The van der Waals surface area contributed by atoms with E-state index in [2.05, 4.69) is 16.0 Å². The van der Waals surface area contributed by atoms with Crippen molar-refractivity contribution in [3.05, 3.63) is 0 Å². The predicted molar refractivity (Wildman–Crippen MR) is 136 cm³/mol. The normalized spacial score (nSPS) is 15.6. The van der Waals surface area contributed by atoms with Gasteiger partial charge in [-0.2, -0.15) is 11.8 Å². The molecular weight excluding hydrogens is 458 g/mol. The minimum absolute atomic E-state index is 0.0620. The molecular formula is C23H45N5O5S. The third kappa shape index (κ3) is 12.6.